The Hall–Kier alpha value is -0.620. The fourth-order valence-electron chi connectivity index (χ4n) is 1.96. The molecular formula is C14H28N2. The molecule has 0 amide bonds. The van der Waals surface area contributed by atoms with Crippen molar-refractivity contribution in [3.63, 3.8) is 0 Å². The van der Waals surface area contributed by atoms with Gasteiger partial charge < -0.3 is 5.53 Å². The Bertz CT molecular complexity index is 172. The maximum atomic E-state index is 8.20. The minimum atomic E-state index is 0.924. The van der Waals surface area contributed by atoms with E-state index in [9.17, 15) is 0 Å². The van der Waals surface area contributed by atoms with Gasteiger partial charge in [-0.05, 0) is 6.42 Å². The van der Waals surface area contributed by atoms with E-state index in [1.54, 1.807) is 6.21 Å². The second kappa shape index (κ2) is 14.4. The summed E-state index contributed by atoms with van der Waals surface area (Å²) in [4.78, 5) is 2.99. The summed E-state index contributed by atoms with van der Waals surface area (Å²) in [6.07, 6.45) is 17.5. The van der Waals surface area contributed by atoms with Gasteiger partial charge in [-0.15, -0.1) is 0 Å². The fourth-order valence-corrected chi connectivity index (χ4v) is 1.96. The zero-order chi connectivity index (χ0) is 11.9. The van der Waals surface area contributed by atoms with Gasteiger partial charge in [0.2, 0.25) is 0 Å². The smallest absolute Gasteiger partial charge is 0.257 e. The zero-order valence-electron chi connectivity index (χ0n) is 11.0. The van der Waals surface area contributed by atoms with Crippen molar-refractivity contribution in [3.8, 4) is 0 Å². The molecular weight excluding hydrogens is 196 g/mol. The van der Waals surface area contributed by atoms with Gasteiger partial charge in [0.15, 0.2) is 0 Å². The van der Waals surface area contributed by atoms with Crippen LogP contribution in [0.5, 0.6) is 0 Å². The molecule has 0 aliphatic heterocycles. The van der Waals surface area contributed by atoms with E-state index in [0.29, 0.717) is 0 Å². The summed E-state index contributed by atoms with van der Waals surface area (Å²) in [5.41, 5.74) is 8.20. The van der Waals surface area contributed by atoms with Crippen molar-refractivity contribution in [1.29, 1.82) is 0 Å². The number of unbranched alkanes of at least 4 members (excludes halogenated alkanes) is 11. The molecule has 0 aromatic rings. The van der Waals surface area contributed by atoms with E-state index in [0.717, 1.165) is 6.42 Å². The van der Waals surface area contributed by atoms with E-state index >= 15 is 0 Å². The predicted molar refractivity (Wildman–Crippen MR) is 70.8 cm³/mol. The first kappa shape index (κ1) is 15.4. The van der Waals surface area contributed by atoms with Gasteiger partial charge in [0.1, 0.15) is 0 Å². The van der Waals surface area contributed by atoms with Gasteiger partial charge in [0.25, 0.3) is 6.21 Å². The summed E-state index contributed by atoms with van der Waals surface area (Å²) in [7, 11) is 0. The zero-order valence-corrected chi connectivity index (χ0v) is 11.0. The first-order chi connectivity index (χ1) is 7.91. The van der Waals surface area contributed by atoms with Crippen LogP contribution in [0.15, 0.2) is 0 Å². The summed E-state index contributed by atoms with van der Waals surface area (Å²) >= 11 is 0. The Balaban J connectivity index is 2.90. The fraction of sp³-hybridized carbons (Fsp3) is 0.929. The Labute approximate surface area is 101 Å². The van der Waals surface area contributed by atoms with Crippen LogP contribution in [-0.4, -0.2) is 11.0 Å². The third-order valence-electron chi connectivity index (χ3n) is 3.02. The van der Waals surface area contributed by atoms with Crippen LogP contribution in [0.25, 0.3) is 5.53 Å². The van der Waals surface area contributed by atoms with Gasteiger partial charge in [-0.25, -0.2) is 0 Å². The van der Waals surface area contributed by atoms with Crippen LogP contribution in [0.1, 0.15) is 84.0 Å². The second-order valence-electron chi connectivity index (χ2n) is 4.62. The van der Waals surface area contributed by atoms with Crippen molar-refractivity contribution in [2.45, 2.75) is 84.0 Å². The quantitative estimate of drug-likeness (QED) is 0.194. The van der Waals surface area contributed by atoms with E-state index < -0.39 is 0 Å². The molecule has 94 valence electrons. The lowest BCUT2D eigenvalue weighted by Gasteiger charge is -2.01. The summed E-state index contributed by atoms with van der Waals surface area (Å²) in [6, 6.07) is 0. The van der Waals surface area contributed by atoms with Crippen molar-refractivity contribution in [2.24, 2.45) is 0 Å². The molecule has 0 spiro atoms. The molecule has 0 unspecified atom stereocenters. The number of hydrogen-bond donors (Lipinski definition) is 0. The Morgan fingerprint density at radius 2 is 1.19 bits per heavy atom. The molecule has 2 heteroatoms. The Morgan fingerprint density at radius 3 is 1.62 bits per heavy atom. The first-order valence-electron chi connectivity index (χ1n) is 7.07. The number of rotatable bonds is 12. The molecule has 0 fully saturated rings. The lowest BCUT2D eigenvalue weighted by molar-refractivity contribution is 0.000734. The molecule has 0 aromatic heterocycles. The normalized spacial score (nSPS) is 10.1. The van der Waals surface area contributed by atoms with Gasteiger partial charge in [-0.1, -0.05) is 71.1 Å². The van der Waals surface area contributed by atoms with Gasteiger partial charge >= 0.3 is 0 Å². The van der Waals surface area contributed by atoms with Crippen molar-refractivity contribution in [2.75, 3.05) is 0 Å². The maximum Gasteiger partial charge on any atom is 0.257 e. The molecule has 0 atom stereocenters. The van der Waals surface area contributed by atoms with E-state index in [2.05, 4.69) is 11.7 Å². The van der Waals surface area contributed by atoms with E-state index in [1.807, 2.05) is 0 Å². The molecule has 0 radical (unpaired) electrons. The predicted octanol–water partition coefficient (Wildman–Crippen LogP) is 4.99. The molecule has 0 rings (SSSR count). The lowest BCUT2D eigenvalue weighted by atomic mass is 10.1. The third-order valence-corrected chi connectivity index (χ3v) is 3.02. The van der Waals surface area contributed by atoms with Gasteiger partial charge in [-0.2, -0.15) is 4.79 Å². The largest absolute Gasteiger partial charge is 0.362 e. The highest BCUT2D eigenvalue weighted by molar-refractivity contribution is 5.49. The van der Waals surface area contributed by atoms with Gasteiger partial charge in [-0.3, -0.25) is 0 Å². The van der Waals surface area contributed by atoms with Gasteiger partial charge in [0, 0.05) is 6.42 Å². The summed E-state index contributed by atoms with van der Waals surface area (Å²) in [5.74, 6) is 0. The molecule has 0 N–H and O–H groups in total. The van der Waals surface area contributed by atoms with Crippen LogP contribution in [0.3, 0.4) is 0 Å². The monoisotopic (exact) mass is 224 g/mol. The summed E-state index contributed by atoms with van der Waals surface area (Å²) < 4.78 is 0. The highest BCUT2D eigenvalue weighted by Gasteiger charge is 1.93. The molecule has 0 aliphatic carbocycles. The molecule has 0 aliphatic rings. The lowest BCUT2D eigenvalue weighted by Crippen LogP contribution is -1.83. The van der Waals surface area contributed by atoms with E-state index in [-0.39, 0.29) is 0 Å². The maximum absolute atomic E-state index is 8.20. The van der Waals surface area contributed by atoms with Crippen molar-refractivity contribution in [1.82, 2.24) is 0 Å². The van der Waals surface area contributed by atoms with E-state index in [1.165, 1.54) is 70.6 Å². The van der Waals surface area contributed by atoms with Crippen LogP contribution in [-0.2, 0) is 0 Å². The van der Waals surface area contributed by atoms with E-state index in [4.69, 9.17) is 5.53 Å². The first-order valence-corrected chi connectivity index (χ1v) is 7.07. The molecule has 0 saturated carbocycles. The molecule has 2 nitrogen and oxygen atoms in total. The molecule has 0 saturated heterocycles. The van der Waals surface area contributed by atoms with Crippen LogP contribution in [0, 0.1) is 0 Å². The highest BCUT2D eigenvalue weighted by atomic mass is 14.8. The number of nitrogens with zero attached hydrogens (tertiary/aromatic N) is 2. The summed E-state index contributed by atoms with van der Waals surface area (Å²) in [6.45, 7) is 2.27. The van der Waals surface area contributed by atoms with Crippen molar-refractivity contribution in [3.05, 3.63) is 5.53 Å². The third kappa shape index (κ3) is 13.4. The van der Waals surface area contributed by atoms with Crippen LogP contribution < -0.4 is 0 Å². The Kier molecular flexibility index (Phi) is 13.8. The van der Waals surface area contributed by atoms with Crippen LogP contribution >= 0.6 is 0 Å². The second-order valence-corrected chi connectivity index (χ2v) is 4.62. The molecule has 0 aromatic carbocycles. The molecule has 0 bridgehead atoms. The Morgan fingerprint density at radius 1 is 0.750 bits per heavy atom. The van der Waals surface area contributed by atoms with Crippen molar-refractivity contribution >= 4 is 6.21 Å². The number of hydrogen-bond acceptors (Lipinski definition) is 0. The van der Waals surface area contributed by atoms with Gasteiger partial charge in [0.05, 0.1) is 0 Å². The molecule has 16 heavy (non-hydrogen) atoms. The standard InChI is InChI=1S/C14H28N2/c1-2-3-4-5-6-7-8-9-10-11-12-13-14-16-15/h14H,2-13H2,1H3. The minimum Gasteiger partial charge on any atom is -0.362 e. The topological polar surface area (TPSA) is 36.4 Å². The SMILES string of the molecule is CCCCCCCCCCCCCC=[N+]=[N-]. The summed E-state index contributed by atoms with van der Waals surface area (Å²) in [5, 5.41) is 0. The average molecular weight is 224 g/mol. The molecule has 0 heterocycles. The van der Waals surface area contributed by atoms with Crippen LogP contribution in [0.4, 0.5) is 0 Å². The highest BCUT2D eigenvalue weighted by Crippen LogP contribution is 2.11. The minimum absolute atomic E-state index is 0.924. The average Bonchev–Trinajstić information content (AvgIpc) is 2.31. The van der Waals surface area contributed by atoms with Crippen molar-refractivity contribution < 1.29 is 4.79 Å². The van der Waals surface area contributed by atoms with Crippen LogP contribution in [0.2, 0.25) is 0 Å².